The van der Waals surface area contributed by atoms with E-state index in [0.29, 0.717) is 19.1 Å². The molecule has 3 nitrogen and oxygen atoms in total. The van der Waals surface area contributed by atoms with Crippen molar-refractivity contribution in [3.63, 3.8) is 0 Å². The van der Waals surface area contributed by atoms with E-state index in [1.807, 2.05) is 37.3 Å². The highest BCUT2D eigenvalue weighted by Gasteiger charge is 2.09. The normalized spacial score (nSPS) is 12.3. The Morgan fingerprint density at radius 1 is 1.08 bits per heavy atom. The van der Waals surface area contributed by atoms with Gasteiger partial charge >= 0.3 is 0 Å². The van der Waals surface area contributed by atoms with Gasteiger partial charge in [0, 0.05) is 11.1 Å². The first kappa shape index (κ1) is 16.5. The Hall–Kier alpha value is -2.39. The van der Waals surface area contributed by atoms with Crippen LogP contribution < -0.4 is 10.5 Å². The Morgan fingerprint density at radius 2 is 1.88 bits per heavy atom. The molecule has 124 valence electrons. The summed E-state index contributed by atoms with van der Waals surface area (Å²) in [6.45, 7) is 5.47. The highest BCUT2D eigenvalue weighted by Crippen LogP contribution is 2.26. The maximum absolute atomic E-state index is 5.96. The van der Waals surface area contributed by atoms with Gasteiger partial charge in [-0.3, -0.25) is 4.98 Å². The fourth-order valence-electron chi connectivity index (χ4n) is 2.88. The molecule has 0 saturated carbocycles. The lowest BCUT2D eigenvalue weighted by Gasteiger charge is -2.13. The second kappa shape index (κ2) is 7.45. The van der Waals surface area contributed by atoms with Crippen LogP contribution in [-0.4, -0.2) is 11.5 Å². The van der Waals surface area contributed by atoms with Gasteiger partial charge in [-0.2, -0.15) is 0 Å². The van der Waals surface area contributed by atoms with Crippen LogP contribution in [0.2, 0.25) is 0 Å². The Balaban J connectivity index is 1.88. The van der Waals surface area contributed by atoms with E-state index >= 15 is 0 Å². The van der Waals surface area contributed by atoms with E-state index in [0.717, 1.165) is 34.3 Å². The van der Waals surface area contributed by atoms with Crippen molar-refractivity contribution in [3.8, 4) is 5.75 Å². The summed E-state index contributed by atoms with van der Waals surface area (Å²) in [5.74, 6) is 1.32. The van der Waals surface area contributed by atoms with Crippen molar-refractivity contribution < 1.29 is 4.74 Å². The minimum Gasteiger partial charge on any atom is -0.489 e. The summed E-state index contributed by atoms with van der Waals surface area (Å²) in [6.07, 6.45) is 0.957. The monoisotopic (exact) mass is 320 g/mol. The first-order chi connectivity index (χ1) is 11.7. The van der Waals surface area contributed by atoms with E-state index < -0.39 is 0 Å². The summed E-state index contributed by atoms with van der Waals surface area (Å²) in [4.78, 5) is 4.64. The number of fused-ring (bicyclic) bond motifs is 1. The maximum Gasteiger partial charge on any atom is 0.120 e. The van der Waals surface area contributed by atoms with Crippen molar-refractivity contribution >= 4 is 10.9 Å². The molecule has 0 saturated heterocycles. The first-order valence-corrected chi connectivity index (χ1v) is 8.43. The molecule has 1 atom stereocenters. The molecule has 2 aromatic carbocycles. The van der Waals surface area contributed by atoms with Gasteiger partial charge < -0.3 is 10.5 Å². The molecule has 1 heterocycles. The smallest absolute Gasteiger partial charge is 0.120 e. The Bertz CT molecular complexity index is 815. The van der Waals surface area contributed by atoms with Crippen LogP contribution in [0.4, 0.5) is 0 Å². The molecule has 0 bridgehead atoms. The molecule has 3 rings (SSSR count). The van der Waals surface area contributed by atoms with Gasteiger partial charge in [-0.15, -0.1) is 0 Å². The third-order valence-electron chi connectivity index (χ3n) is 4.21. The number of pyridine rings is 1. The molecule has 0 spiro atoms. The third kappa shape index (κ3) is 3.92. The number of nitrogens with two attached hydrogens (primary N) is 1. The molecular weight excluding hydrogens is 296 g/mol. The number of aromatic nitrogens is 1. The molecule has 3 aromatic rings. The van der Waals surface area contributed by atoms with Crippen molar-refractivity contribution in [2.75, 3.05) is 6.54 Å². The largest absolute Gasteiger partial charge is 0.489 e. The summed E-state index contributed by atoms with van der Waals surface area (Å²) in [6, 6.07) is 18.5. The van der Waals surface area contributed by atoms with Crippen molar-refractivity contribution in [3.05, 3.63) is 71.4 Å². The summed E-state index contributed by atoms with van der Waals surface area (Å²) < 4.78 is 5.96. The second-order valence-corrected chi connectivity index (χ2v) is 6.42. The van der Waals surface area contributed by atoms with Crippen LogP contribution in [0.25, 0.3) is 10.9 Å². The zero-order valence-electron chi connectivity index (χ0n) is 14.3. The molecule has 0 aliphatic heterocycles. The number of nitrogens with zero attached hydrogens (tertiary/aromatic N) is 1. The average molecular weight is 320 g/mol. The number of hydrogen-bond acceptors (Lipinski definition) is 3. The number of rotatable bonds is 6. The lowest BCUT2D eigenvalue weighted by atomic mass is 9.97. The van der Waals surface area contributed by atoms with Gasteiger partial charge in [-0.25, -0.2) is 0 Å². The summed E-state index contributed by atoms with van der Waals surface area (Å²) in [7, 11) is 0. The number of benzene rings is 2. The number of hydrogen-bond donors (Lipinski definition) is 1. The summed E-state index contributed by atoms with van der Waals surface area (Å²) in [5, 5.41) is 1.16. The lowest BCUT2D eigenvalue weighted by Crippen LogP contribution is -2.13. The first-order valence-electron chi connectivity index (χ1n) is 8.43. The molecule has 24 heavy (non-hydrogen) atoms. The highest BCUT2D eigenvalue weighted by atomic mass is 16.5. The quantitative estimate of drug-likeness (QED) is 0.738. The van der Waals surface area contributed by atoms with Crippen LogP contribution in [0.15, 0.2) is 54.6 Å². The van der Waals surface area contributed by atoms with Gasteiger partial charge in [-0.05, 0) is 61.2 Å². The van der Waals surface area contributed by atoms with Crippen LogP contribution in [0.3, 0.4) is 0 Å². The lowest BCUT2D eigenvalue weighted by molar-refractivity contribution is 0.306. The van der Waals surface area contributed by atoms with E-state index in [1.165, 1.54) is 5.56 Å². The van der Waals surface area contributed by atoms with E-state index in [9.17, 15) is 0 Å². The topological polar surface area (TPSA) is 48.1 Å². The van der Waals surface area contributed by atoms with Gasteiger partial charge in [0.15, 0.2) is 0 Å². The van der Waals surface area contributed by atoms with Crippen LogP contribution in [0.1, 0.15) is 23.7 Å². The van der Waals surface area contributed by atoms with Crippen molar-refractivity contribution in [2.24, 2.45) is 11.7 Å². The highest BCUT2D eigenvalue weighted by molar-refractivity contribution is 5.84. The predicted octanol–water partition coefficient (Wildman–Crippen LogP) is 4.26. The minimum absolute atomic E-state index is 0.448. The molecule has 0 amide bonds. The Kier molecular flexibility index (Phi) is 5.11. The zero-order valence-corrected chi connectivity index (χ0v) is 14.3. The molecule has 0 aliphatic rings. The van der Waals surface area contributed by atoms with Crippen molar-refractivity contribution in [2.45, 2.75) is 26.9 Å². The van der Waals surface area contributed by atoms with E-state index in [2.05, 4.69) is 36.2 Å². The number of aryl methyl sites for hydroxylation is 1. The molecule has 1 aromatic heterocycles. The second-order valence-electron chi connectivity index (χ2n) is 6.42. The Morgan fingerprint density at radius 3 is 2.62 bits per heavy atom. The molecular formula is C21H24N2O. The summed E-state index contributed by atoms with van der Waals surface area (Å²) in [5.41, 5.74) is 10.3. The van der Waals surface area contributed by atoms with E-state index in [4.69, 9.17) is 10.5 Å². The Labute approximate surface area is 143 Å². The van der Waals surface area contributed by atoms with Gasteiger partial charge in [-0.1, -0.05) is 37.3 Å². The van der Waals surface area contributed by atoms with E-state index in [-0.39, 0.29) is 0 Å². The van der Waals surface area contributed by atoms with Gasteiger partial charge in [0.2, 0.25) is 0 Å². The standard InChI is InChI=1S/C21H24N2O/c1-15(13-22)10-18-11-16(2)23-21-9-8-19(12-20(18)21)24-14-17-6-4-3-5-7-17/h3-9,11-12,15H,10,13-14,22H2,1-2H3. The SMILES string of the molecule is Cc1cc(CC(C)CN)c2cc(OCc3ccccc3)ccc2n1. The van der Waals surface area contributed by atoms with Crippen LogP contribution in [0, 0.1) is 12.8 Å². The predicted molar refractivity (Wildman–Crippen MR) is 99.2 cm³/mol. The van der Waals surface area contributed by atoms with Crippen molar-refractivity contribution in [1.29, 1.82) is 0 Å². The van der Waals surface area contributed by atoms with Crippen LogP contribution in [-0.2, 0) is 13.0 Å². The average Bonchev–Trinajstić information content (AvgIpc) is 2.60. The van der Waals surface area contributed by atoms with Crippen molar-refractivity contribution in [1.82, 2.24) is 4.98 Å². The van der Waals surface area contributed by atoms with E-state index in [1.54, 1.807) is 0 Å². The molecule has 3 heteroatoms. The van der Waals surface area contributed by atoms with Gasteiger partial charge in [0.05, 0.1) is 5.52 Å². The molecule has 2 N–H and O–H groups in total. The van der Waals surface area contributed by atoms with Crippen LogP contribution in [0.5, 0.6) is 5.75 Å². The fraction of sp³-hybridized carbons (Fsp3) is 0.286. The van der Waals surface area contributed by atoms with Gasteiger partial charge in [0.1, 0.15) is 12.4 Å². The number of ether oxygens (including phenoxy) is 1. The molecule has 0 radical (unpaired) electrons. The van der Waals surface area contributed by atoms with Gasteiger partial charge in [0.25, 0.3) is 0 Å². The van der Waals surface area contributed by atoms with Crippen LogP contribution >= 0.6 is 0 Å². The third-order valence-corrected chi connectivity index (χ3v) is 4.21. The minimum atomic E-state index is 0.448. The fourth-order valence-corrected chi connectivity index (χ4v) is 2.88. The molecule has 0 aliphatic carbocycles. The zero-order chi connectivity index (χ0) is 16.9. The molecule has 0 fully saturated rings. The summed E-state index contributed by atoms with van der Waals surface area (Å²) >= 11 is 0. The molecule has 1 unspecified atom stereocenters. The maximum atomic E-state index is 5.96.